The zero-order chi connectivity index (χ0) is 23.0. The van der Waals surface area contributed by atoms with E-state index in [9.17, 15) is 40.5 Å². The van der Waals surface area contributed by atoms with Crippen LogP contribution < -0.4 is 9.47 Å². The van der Waals surface area contributed by atoms with Crippen molar-refractivity contribution in [3.63, 3.8) is 0 Å². The van der Waals surface area contributed by atoms with Crippen molar-refractivity contribution in [3.05, 3.63) is 65.0 Å². The van der Waals surface area contributed by atoms with Crippen molar-refractivity contribution in [1.29, 1.82) is 0 Å². The minimum Gasteiger partial charge on any atom is -0.470 e. The molecule has 17 heteroatoms. The molecule has 0 aromatic carbocycles. The number of hydrogen-bond donors (Lipinski definition) is 0. The van der Waals surface area contributed by atoms with Gasteiger partial charge in [0, 0.05) is 0 Å². The Bertz CT molecular complexity index is 935. The highest BCUT2D eigenvalue weighted by Gasteiger charge is 2.23. The van der Waals surface area contributed by atoms with Gasteiger partial charge in [0.15, 0.2) is 0 Å². The summed E-state index contributed by atoms with van der Waals surface area (Å²) in [4.78, 5) is 46.9. The number of nitrogens with zero attached hydrogens (tertiary/aromatic N) is 6. The first-order valence-electron chi connectivity index (χ1n) is 8.11. The monoisotopic (exact) mass is 440 g/mol. The van der Waals surface area contributed by atoms with Crippen LogP contribution in [-0.4, -0.2) is 56.1 Å². The second kappa shape index (κ2) is 10.3. The summed E-state index contributed by atoms with van der Waals surface area (Å²) >= 11 is 0. The Kier molecular flexibility index (Phi) is 7.56. The lowest BCUT2D eigenvalue weighted by molar-refractivity contribution is -0.395. The third kappa shape index (κ3) is 6.22. The number of aromatic nitrogens is 2. The van der Waals surface area contributed by atoms with Gasteiger partial charge in [-0.05, 0) is 0 Å². The van der Waals surface area contributed by atoms with Crippen LogP contribution in [0.2, 0.25) is 0 Å². The molecule has 0 bridgehead atoms. The van der Waals surface area contributed by atoms with E-state index in [-0.39, 0.29) is 26.4 Å². The minimum absolute atomic E-state index is 0.0883. The van der Waals surface area contributed by atoms with Gasteiger partial charge in [-0.3, -0.25) is 40.5 Å². The molecule has 2 heterocycles. The average Bonchev–Trinajstić information content (AvgIpc) is 2.72. The number of hydrogen-bond acceptors (Lipinski definition) is 13. The van der Waals surface area contributed by atoms with Gasteiger partial charge in [-0.25, -0.2) is 9.97 Å². The predicted molar refractivity (Wildman–Crippen MR) is 96.9 cm³/mol. The van der Waals surface area contributed by atoms with Crippen molar-refractivity contribution in [2.75, 3.05) is 26.4 Å². The first-order chi connectivity index (χ1) is 14.7. The van der Waals surface area contributed by atoms with Gasteiger partial charge in [-0.1, -0.05) is 0 Å². The van der Waals surface area contributed by atoms with Crippen molar-refractivity contribution in [1.82, 2.24) is 9.97 Å². The van der Waals surface area contributed by atoms with Gasteiger partial charge >= 0.3 is 11.4 Å². The van der Waals surface area contributed by atoms with Crippen molar-refractivity contribution in [2.24, 2.45) is 0 Å². The lowest BCUT2D eigenvalue weighted by Gasteiger charge is -2.08. The summed E-state index contributed by atoms with van der Waals surface area (Å²) in [5.41, 5.74) is -2.51. The molecule has 17 nitrogen and oxygen atoms in total. The standard InChI is InChI=1S/C14H12N6O11/c21-17(22)9-5-11(19(25)26)13(15-7-9)30-3-1-29-2-4-31-14-12(20(27)28)6-10(8-16-14)18(23)24/h5-8H,1-4H2. The molecule has 31 heavy (non-hydrogen) atoms. The molecule has 2 rings (SSSR count). The maximum absolute atomic E-state index is 11.0. The van der Waals surface area contributed by atoms with Crippen LogP contribution in [0.3, 0.4) is 0 Å². The van der Waals surface area contributed by atoms with Crippen LogP contribution in [0, 0.1) is 40.5 Å². The lowest BCUT2D eigenvalue weighted by atomic mass is 10.3. The van der Waals surface area contributed by atoms with E-state index >= 15 is 0 Å². The van der Waals surface area contributed by atoms with E-state index < -0.39 is 54.2 Å². The Morgan fingerprint density at radius 1 is 0.645 bits per heavy atom. The van der Waals surface area contributed by atoms with E-state index in [2.05, 4.69) is 9.97 Å². The van der Waals surface area contributed by atoms with Gasteiger partial charge in [0.1, 0.15) is 37.7 Å². The molecule has 2 aromatic heterocycles. The fourth-order valence-corrected chi connectivity index (χ4v) is 2.04. The van der Waals surface area contributed by atoms with Crippen molar-refractivity contribution < 1.29 is 33.9 Å². The number of pyridine rings is 2. The van der Waals surface area contributed by atoms with Gasteiger partial charge in [0.2, 0.25) is 0 Å². The first kappa shape index (κ1) is 22.7. The normalized spacial score (nSPS) is 10.3. The quantitative estimate of drug-likeness (QED) is 0.260. The van der Waals surface area contributed by atoms with Crippen molar-refractivity contribution in [2.45, 2.75) is 0 Å². The SMILES string of the molecule is O=[N+]([O-])c1cnc(OCCOCCOc2ncc([N+](=O)[O-])cc2[N+](=O)[O-])c([N+](=O)[O-])c1. The van der Waals surface area contributed by atoms with E-state index in [0.29, 0.717) is 12.1 Å². The van der Waals surface area contributed by atoms with E-state index in [1.165, 1.54) is 0 Å². The highest BCUT2D eigenvalue weighted by molar-refractivity contribution is 5.48. The molecule has 0 atom stereocenters. The Balaban J connectivity index is 1.81. The van der Waals surface area contributed by atoms with Gasteiger partial charge in [0.05, 0.1) is 32.9 Å². The maximum atomic E-state index is 11.0. The molecular weight excluding hydrogens is 428 g/mol. The largest absolute Gasteiger partial charge is 0.470 e. The summed E-state index contributed by atoms with van der Waals surface area (Å²) < 4.78 is 15.3. The summed E-state index contributed by atoms with van der Waals surface area (Å²) in [6, 6.07) is 1.42. The fourth-order valence-electron chi connectivity index (χ4n) is 2.04. The number of nitro groups is 4. The number of rotatable bonds is 12. The third-order valence-electron chi connectivity index (χ3n) is 3.38. The zero-order valence-electron chi connectivity index (χ0n) is 15.3. The van der Waals surface area contributed by atoms with E-state index in [1.807, 2.05) is 0 Å². The smallest absolute Gasteiger partial charge is 0.337 e. The molecule has 0 fully saturated rings. The summed E-state index contributed by atoms with van der Waals surface area (Å²) in [5.74, 6) is -0.859. The van der Waals surface area contributed by atoms with Crippen LogP contribution in [0.15, 0.2) is 24.5 Å². The van der Waals surface area contributed by atoms with Crippen molar-refractivity contribution in [3.8, 4) is 11.8 Å². The molecule has 0 saturated heterocycles. The molecule has 0 aliphatic rings. The van der Waals surface area contributed by atoms with E-state index in [0.717, 1.165) is 12.4 Å². The first-order valence-corrected chi connectivity index (χ1v) is 8.11. The van der Waals surface area contributed by atoms with Gasteiger partial charge in [0.25, 0.3) is 23.1 Å². The Morgan fingerprint density at radius 3 is 1.35 bits per heavy atom. The minimum atomic E-state index is -0.881. The molecule has 0 saturated carbocycles. The van der Waals surface area contributed by atoms with Gasteiger partial charge < -0.3 is 14.2 Å². The highest BCUT2D eigenvalue weighted by Crippen LogP contribution is 2.29. The van der Waals surface area contributed by atoms with Gasteiger partial charge in [-0.15, -0.1) is 0 Å². The molecule has 0 unspecified atom stereocenters. The second-order valence-corrected chi connectivity index (χ2v) is 5.37. The Hall–Kier alpha value is -4.54. The lowest BCUT2D eigenvalue weighted by Crippen LogP contribution is -2.14. The maximum Gasteiger partial charge on any atom is 0.337 e. The van der Waals surface area contributed by atoms with Crippen LogP contribution in [0.25, 0.3) is 0 Å². The molecule has 0 spiro atoms. The van der Waals surface area contributed by atoms with Crippen molar-refractivity contribution >= 4 is 22.7 Å². The fraction of sp³-hybridized carbons (Fsp3) is 0.286. The molecular formula is C14H12N6O11. The average molecular weight is 440 g/mol. The molecule has 0 aliphatic carbocycles. The molecule has 0 N–H and O–H groups in total. The molecule has 2 aromatic rings. The third-order valence-corrected chi connectivity index (χ3v) is 3.38. The van der Waals surface area contributed by atoms with Crippen LogP contribution >= 0.6 is 0 Å². The van der Waals surface area contributed by atoms with Crippen LogP contribution in [0.1, 0.15) is 0 Å². The molecule has 0 radical (unpaired) electrons. The van der Waals surface area contributed by atoms with Crippen LogP contribution in [-0.2, 0) is 4.74 Å². The van der Waals surface area contributed by atoms with Gasteiger partial charge in [-0.2, -0.15) is 0 Å². The number of ether oxygens (including phenoxy) is 3. The Morgan fingerprint density at radius 2 is 1.03 bits per heavy atom. The van der Waals surface area contributed by atoms with Crippen LogP contribution in [0.5, 0.6) is 11.8 Å². The topological polar surface area (TPSA) is 226 Å². The zero-order valence-corrected chi connectivity index (χ0v) is 15.3. The van der Waals surface area contributed by atoms with E-state index in [4.69, 9.17) is 14.2 Å². The molecule has 0 amide bonds. The Labute approximate surface area is 170 Å². The summed E-state index contributed by atoms with van der Waals surface area (Å²) in [6.07, 6.45) is 1.61. The second-order valence-electron chi connectivity index (χ2n) is 5.37. The molecule has 164 valence electrons. The molecule has 0 aliphatic heterocycles. The highest BCUT2D eigenvalue weighted by atomic mass is 16.6. The summed E-state index contributed by atoms with van der Waals surface area (Å²) in [5, 5.41) is 43.2. The summed E-state index contributed by atoms with van der Waals surface area (Å²) in [7, 11) is 0. The summed E-state index contributed by atoms with van der Waals surface area (Å²) in [6.45, 7) is -0.562. The van der Waals surface area contributed by atoms with Crippen LogP contribution in [0.4, 0.5) is 22.7 Å². The van der Waals surface area contributed by atoms with E-state index in [1.54, 1.807) is 0 Å². The predicted octanol–water partition coefficient (Wildman–Crippen LogP) is 1.58.